The van der Waals surface area contributed by atoms with Crippen molar-refractivity contribution >= 4 is 42.2 Å². The van der Waals surface area contributed by atoms with Gasteiger partial charge < -0.3 is 26.0 Å². The number of carbonyl (C=O) groups excluding carboxylic acids is 2. The van der Waals surface area contributed by atoms with Gasteiger partial charge in [-0.25, -0.2) is 4.79 Å². The molecule has 0 unspecified atom stereocenters. The Bertz CT molecular complexity index is 1120. The summed E-state index contributed by atoms with van der Waals surface area (Å²) < 4.78 is 0. The lowest BCUT2D eigenvalue weighted by atomic mass is 9.91. The lowest BCUT2D eigenvalue weighted by Crippen LogP contribution is -2.60. The van der Waals surface area contributed by atoms with E-state index in [2.05, 4.69) is 40.7 Å². The van der Waals surface area contributed by atoms with Crippen molar-refractivity contribution < 1.29 is 19.5 Å². The molecule has 0 saturated carbocycles. The summed E-state index contributed by atoms with van der Waals surface area (Å²) in [4.78, 5) is 41.0. The van der Waals surface area contributed by atoms with E-state index >= 15 is 0 Å². The number of hydrogen-bond donors (Lipinski definition) is 5. The standard InChI is InChI=1S/C30H42N4O4S2/c1-20(2)27(32-17-24(19-39)31-16-21-9-5-4-6-10-21)29(36)34-18-23-12-8-7-11-22(23)15-26(34)28(35)33-25(30(37)38)13-14-40-3/h4-12,20,24-27,31-32,39H,13-19H2,1-3H3,(H,33,35)(H,37,38)/t24-,25+,26+,27+/m1/s1. The molecule has 0 spiro atoms. The Balaban J connectivity index is 1.76. The third kappa shape index (κ3) is 8.99. The number of fused-ring (bicyclic) bond motifs is 1. The number of aliphatic carboxylic acids is 1. The van der Waals surface area contributed by atoms with Gasteiger partial charge in [0.05, 0.1) is 6.04 Å². The van der Waals surface area contributed by atoms with Crippen LogP contribution in [0.1, 0.15) is 37.0 Å². The smallest absolute Gasteiger partial charge is 0.326 e. The Labute approximate surface area is 247 Å². The molecule has 218 valence electrons. The van der Waals surface area contributed by atoms with Crippen molar-refractivity contribution in [2.75, 3.05) is 24.3 Å². The van der Waals surface area contributed by atoms with Gasteiger partial charge in [-0.1, -0.05) is 68.4 Å². The predicted molar refractivity (Wildman–Crippen MR) is 165 cm³/mol. The zero-order valence-corrected chi connectivity index (χ0v) is 25.2. The van der Waals surface area contributed by atoms with Crippen molar-refractivity contribution in [3.63, 3.8) is 0 Å². The van der Waals surface area contributed by atoms with Gasteiger partial charge in [0, 0.05) is 37.8 Å². The first-order valence-corrected chi connectivity index (χ1v) is 15.8. The largest absolute Gasteiger partial charge is 0.480 e. The second kappa shape index (κ2) is 16.0. The first kappa shape index (κ1) is 32.0. The van der Waals surface area contributed by atoms with Crippen LogP contribution in [0.3, 0.4) is 0 Å². The van der Waals surface area contributed by atoms with Gasteiger partial charge in [-0.05, 0) is 41.0 Å². The molecule has 0 radical (unpaired) electrons. The molecule has 3 rings (SSSR count). The van der Waals surface area contributed by atoms with Gasteiger partial charge in [0.15, 0.2) is 0 Å². The predicted octanol–water partition coefficient (Wildman–Crippen LogP) is 2.96. The van der Waals surface area contributed by atoms with Crippen molar-refractivity contribution in [1.29, 1.82) is 0 Å². The van der Waals surface area contributed by atoms with E-state index in [0.29, 0.717) is 44.0 Å². The summed E-state index contributed by atoms with van der Waals surface area (Å²) >= 11 is 6.04. The van der Waals surface area contributed by atoms with E-state index in [0.717, 1.165) is 11.1 Å². The molecule has 8 nitrogen and oxygen atoms in total. The summed E-state index contributed by atoms with van der Waals surface area (Å²) in [5.74, 6) is -0.501. The van der Waals surface area contributed by atoms with Gasteiger partial charge in [0.25, 0.3) is 0 Å². The normalized spacial score (nSPS) is 17.1. The number of thioether (sulfide) groups is 1. The van der Waals surface area contributed by atoms with E-state index < -0.39 is 30.0 Å². The summed E-state index contributed by atoms with van der Waals surface area (Å²) in [6.07, 6.45) is 2.55. The number of carboxylic acid groups (broad SMARTS) is 1. The van der Waals surface area contributed by atoms with Crippen molar-refractivity contribution in [1.82, 2.24) is 20.9 Å². The van der Waals surface area contributed by atoms with Crippen LogP contribution < -0.4 is 16.0 Å². The van der Waals surface area contributed by atoms with E-state index in [9.17, 15) is 19.5 Å². The number of hydrogen-bond acceptors (Lipinski definition) is 7. The van der Waals surface area contributed by atoms with Gasteiger partial charge in [-0.15, -0.1) is 0 Å². The highest BCUT2D eigenvalue weighted by atomic mass is 32.2. The average Bonchev–Trinajstić information content (AvgIpc) is 2.96. The third-order valence-electron chi connectivity index (χ3n) is 7.23. The molecule has 0 saturated heterocycles. The van der Waals surface area contributed by atoms with Crippen molar-refractivity contribution in [2.24, 2.45) is 5.92 Å². The second-order valence-electron chi connectivity index (χ2n) is 10.5. The second-order valence-corrected chi connectivity index (χ2v) is 11.9. The lowest BCUT2D eigenvalue weighted by molar-refractivity contribution is -0.146. The fourth-order valence-electron chi connectivity index (χ4n) is 4.87. The number of benzene rings is 2. The molecule has 0 fully saturated rings. The number of amides is 2. The topological polar surface area (TPSA) is 111 Å². The molecular weight excluding hydrogens is 544 g/mol. The molecule has 2 amide bonds. The molecule has 4 atom stereocenters. The highest BCUT2D eigenvalue weighted by Crippen LogP contribution is 2.25. The molecule has 0 aromatic heterocycles. The zero-order chi connectivity index (χ0) is 29.1. The summed E-state index contributed by atoms with van der Waals surface area (Å²) in [6.45, 7) is 5.49. The first-order valence-electron chi connectivity index (χ1n) is 13.8. The van der Waals surface area contributed by atoms with Crippen molar-refractivity contribution in [2.45, 2.75) is 63.9 Å². The first-order chi connectivity index (χ1) is 19.2. The van der Waals surface area contributed by atoms with E-state index in [4.69, 9.17) is 0 Å². The summed E-state index contributed by atoms with van der Waals surface area (Å²) in [5, 5.41) is 19.3. The molecule has 2 aromatic rings. The fourth-order valence-corrected chi connectivity index (χ4v) is 5.59. The monoisotopic (exact) mass is 586 g/mol. The molecule has 1 aliphatic heterocycles. The van der Waals surface area contributed by atoms with E-state index in [1.54, 1.807) is 4.90 Å². The number of carbonyl (C=O) groups is 3. The van der Waals surface area contributed by atoms with Gasteiger partial charge in [-0.3, -0.25) is 9.59 Å². The van der Waals surface area contributed by atoms with Crippen LogP contribution in [0.5, 0.6) is 0 Å². The Hall–Kier alpha value is -2.53. The summed E-state index contributed by atoms with van der Waals surface area (Å²) in [5.41, 5.74) is 3.16. The van der Waals surface area contributed by atoms with Gasteiger partial charge in [0.1, 0.15) is 12.1 Å². The molecule has 2 aromatic carbocycles. The quantitative estimate of drug-likeness (QED) is 0.204. The molecule has 0 aliphatic carbocycles. The number of thiol groups is 1. The third-order valence-corrected chi connectivity index (χ3v) is 8.32. The Morgan fingerprint density at radius 2 is 1.73 bits per heavy atom. The number of rotatable bonds is 15. The summed E-state index contributed by atoms with van der Waals surface area (Å²) in [6, 6.07) is 15.6. The number of nitrogens with zero attached hydrogens (tertiary/aromatic N) is 1. The number of carboxylic acids is 1. The molecule has 4 N–H and O–H groups in total. The van der Waals surface area contributed by atoms with Crippen LogP contribution in [-0.2, 0) is 33.9 Å². The van der Waals surface area contributed by atoms with E-state index in [-0.39, 0.29) is 17.9 Å². The summed E-state index contributed by atoms with van der Waals surface area (Å²) in [7, 11) is 0. The minimum atomic E-state index is -1.07. The van der Waals surface area contributed by atoms with Crippen LogP contribution in [0.2, 0.25) is 0 Å². The van der Waals surface area contributed by atoms with Gasteiger partial charge >= 0.3 is 5.97 Å². The van der Waals surface area contributed by atoms with Crippen LogP contribution in [0.4, 0.5) is 0 Å². The Morgan fingerprint density at radius 3 is 2.35 bits per heavy atom. The van der Waals surface area contributed by atoms with Gasteiger partial charge in [0.2, 0.25) is 11.8 Å². The average molecular weight is 587 g/mol. The lowest BCUT2D eigenvalue weighted by Gasteiger charge is -2.39. The maximum atomic E-state index is 14.1. The Kier molecular flexibility index (Phi) is 12.8. The molecule has 0 bridgehead atoms. The van der Waals surface area contributed by atoms with Crippen molar-refractivity contribution in [3.8, 4) is 0 Å². The maximum absolute atomic E-state index is 14.1. The van der Waals surface area contributed by atoms with Crippen LogP contribution in [-0.4, -0.2) is 76.3 Å². The fraction of sp³-hybridized carbons (Fsp3) is 0.500. The van der Waals surface area contributed by atoms with E-state index in [1.165, 1.54) is 17.3 Å². The Morgan fingerprint density at radius 1 is 1.05 bits per heavy atom. The molecule has 1 heterocycles. The molecule has 40 heavy (non-hydrogen) atoms. The SMILES string of the molecule is CSCC[C@H](NC(=O)[C@@H]1Cc2ccccc2CN1C(=O)[C@@H](NC[C@H](CS)NCc1ccccc1)C(C)C)C(=O)O. The maximum Gasteiger partial charge on any atom is 0.326 e. The minimum Gasteiger partial charge on any atom is -0.480 e. The van der Waals surface area contributed by atoms with E-state index in [1.807, 2.05) is 62.6 Å². The van der Waals surface area contributed by atoms with Gasteiger partial charge in [-0.2, -0.15) is 24.4 Å². The van der Waals surface area contributed by atoms with Crippen molar-refractivity contribution in [3.05, 3.63) is 71.3 Å². The molecule has 1 aliphatic rings. The highest BCUT2D eigenvalue weighted by Gasteiger charge is 2.39. The van der Waals surface area contributed by atoms with Crippen LogP contribution >= 0.6 is 24.4 Å². The highest BCUT2D eigenvalue weighted by molar-refractivity contribution is 7.98. The van der Waals surface area contributed by atoms with Crippen LogP contribution in [0.15, 0.2) is 54.6 Å². The minimum absolute atomic E-state index is 0.0311. The van der Waals surface area contributed by atoms with Crippen LogP contribution in [0, 0.1) is 5.92 Å². The van der Waals surface area contributed by atoms with Crippen LogP contribution in [0.25, 0.3) is 0 Å². The molecule has 10 heteroatoms. The molecular formula is C30H42N4O4S2. The zero-order valence-electron chi connectivity index (χ0n) is 23.5. The number of nitrogens with one attached hydrogen (secondary N) is 3.